The molecule has 0 aliphatic heterocycles. The summed E-state index contributed by atoms with van der Waals surface area (Å²) in [5.41, 5.74) is 1.78. The predicted molar refractivity (Wildman–Crippen MR) is 75.8 cm³/mol. The molecule has 19 heavy (non-hydrogen) atoms. The molecule has 2 aromatic heterocycles. The molecule has 0 spiro atoms. The minimum atomic E-state index is -0.120. The average Bonchev–Trinajstić information content (AvgIpc) is 3.03. The number of benzene rings is 1. The Kier molecular flexibility index (Phi) is 2.86. The van der Waals surface area contributed by atoms with Gasteiger partial charge < -0.3 is 4.98 Å². The fraction of sp³-hybridized carbons (Fsp3) is 0. The van der Waals surface area contributed by atoms with Crippen LogP contribution in [0.2, 0.25) is 4.34 Å². The van der Waals surface area contributed by atoms with Crippen LogP contribution in [0.1, 0.15) is 20.8 Å². The zero-order chi connectivity index (χ0) is 13.4. The number of carbonyl (C=O) groups excluding carboxylic acids is 1. The molecule has 0 atom stereocenters. The first-order chi connectivity index (χ1) is 9.20. The Morgan fingerprint density at radius 1 is 1.32 bits per heavy atom. The number of carbonyl (C=O) groups is 1. The number of thiophene rings is 1. The van der Waals surface area contributed by atoms with Crippen LogP contribution in [0.15, 0.2) is 36.5 Å². The van der Waals surface area contributed by atoms with E-state index in [-0.39, 0.29) is 5.78 Å². The molecule has 0 fully saturated rings. The molecule has 0 unspecified atom stereocenters. The smallest absolute Gasteiger partial charge is 0.205 e. The summed E-state index contributed by atoms with van der Waals surface area (Å²) >= 11 is 7.08. The minimum absolute atomic E-state index is 0.120. The fourth-order valence-electron chi connectivity index (χ4n) is 2.03. The van der Waals surface area contributed by atoms with Gasteiger partial charge in [-0.15, -0.1) is 11.3 Å². The number of fused-ring (bicyclic) bond motifs is 1. The first-order valence-electron chi connectivity index (χ1n) is 5.51. The lowest BCUT2D eigenvalue weighted by Crippen LogP contribution is -1.97. The van der Waals surface area contributed by atoms with Crippen molar-refractivity contribution >= 4 is 39.6 Å². The second-order valence-corrected chi connectivity index (χ2v) is 5.69. The van der Waals surface area contributed by atoms with Gasteiger partial charge in [-0.25, -0.2) is 0 Å². The highest BCUT2D eigenvalue weighted by Gasteiger charge is 2.18. The topological polar surface area (TPSA) is 56.6 Å². The van der Waals surface area contributed by atoms with E-state index in [1.807, 2.05) is 6.07 Å². The van der Waals surface area contributed by atoms with E-state index in [1.54, 1.807) is 30.5 Å². The Balaban J connectivity index is 2.21. The third kappa shape index (κ3) is 1.93. The largest absolute Gasteiger partial charge is 0.360 e. The summed E-state index contributed by atoms with van der Waals surface area (Å²) in [6.45, 7) is 0. The molecule has 0 saturated carbocycles. The Hall–Kier alpha value is -2.09. The summed E-state index contributed by atoms with van der Waals surface area (Å²) < 4.78 is 0.573. The highest BCUT2D eigenvalue weighted by atomic mass is 35.5. The highest BCUT2D eigenvalue weighted by molar-refractivity contribution is 7.18. The first kappa shape index (κ1) is 12.0. The SMILES string of the molecule is N#Cc1cccc2[nH]cc(C(=O)c3ccc(Cl)s3)c12. The summed E-state index contributed by atoms with van der Waals surface area (Å²) in [5.74, 6) is -0.120. The van der Waals surface area contributed by atoms with Gasteiger partial charge in [0.1, 0.15) is 0 Å². The van der Waals surface area contributed by atoms with E-state index in [1.165, 1.54) is 11.3 Å². The van der Waals surface area contributed by atoms with E-state index in [4.69, 9.17) is 16.9 Å². The van der Waals surface area contributed by atoms with Crippen LogP contribution in [-0.2, 0) is 0 Å². The van der Waals surface area contributed by atoms with Gasteiger partial charge in [0.05, 0.1) is 26.4 Å². The van der Waals surface area contributed by atoms with Crippen molar-refractivity contribution in [2.45, 2.75) is 0 Å². The van der Waals surface area contributed by atoms with Crippen LogP contribution in [0, 0.1) is 11.3 Å². The molecular formula is C14H7ClN2OS. The maximum atomic E-state index is 12.4. The van der Waals surface area contributed by atoms with Crippen molar-refractivity contribution in [3.05, 3.63) is 56.9 Å². The van der Waals surface area contributed by atoms with E-state index >= 15 is 0 Å². The van der Waals surface area contributed by atoms with Crippen LogP contribution in [0.4, 0.5) is 0 Å². The van der Waals surface area contributed by atoms with Gasteiger partial charge in [0.15, 0.2) is 0 Å². The number of aromatic nitrogens is 1. The summed E-state index contributed by atoms with van der Waals surface area (Å²) in [5, 5.41) is 9.81. The Bertz CT molecular complexity index is 825. The molecule has 3 rings (SSSR count). The lowest BCUT2D eigenvalue weighted by atomic mass is 10.0. The second kappa shape index (κ2) is 4.54. The van der Waals surface area contributed by atoms with Crippen molar-refractivity contribution in [2.75, 3.05) is 0 Å². The number of H-pyrrole nitrogens is 1. The first-order valence-corrected chi connectivity index (χ1v) is 6.70. The van der Waals surface area contributed by atoms with Gasteiger partial charge in [-0.1, -0.05) is 17.7 Å². The highest BCUT2D eigenvalue weighted by Crippen LogP contribution is 2.28. The van der Waals surface area contributed by atoms with Crippen LogP contribution in [0.3, 0.4) is 0 Å². The molecule has 0 saturated heterocycles. The lowest BCUT2D eigenvalue weighted by Gasteiger charge is -1.98. The van der Waals surface area contributed by atoms with Gasteiger partial charge in [-0.2, -0.15) is 5.26 Å². The van der Waals surface area contributed by atoms with E-state index in [2.05, 4.69) is 11.1 Å². The number of hydrogen-bond donors (Lipinski definition) is 1. The van der Waals surface area contributed by atoms with Crippen molar-refractivity contribution in [2.24, 2.45) is 0 Å². The van der Waals surface area contributed by atoms with E-state index in [0.717, 1.165) is 5.52 Å². The maximum Gasteiger partial charge on any atom is 0.205 e. The van der Waals surface area contributed by atoms with E-state index in [0.29, 0.717) is 25.7 Å². The second-order valence-electron chi connectivity index (χ2n) is 3.98. The molecule has 5 heteroatoms. The van der Waals surface area contributed by atoms with Crippen LogP contribution in [-0.4, -0.2) is 10.8 Å². The number of halogens is 1. The standard InChI is InChI=1S/C14H7ClN2OS/c15-12-5-4-11(19-12)14(18)9-7-17-10-3-1-2-8(6-16)13(9)10/h1-5,7,17H. The Morgan fingerprint density at radius 3 is 2.84 bits per heavy atom. The van der Waals surface area contributed by atoms with Crippen molar-refractivity contribution in [1.29, 1.82) is 5.26 Å². The van der Waals surface area contributed by atoms with Crippen LogP contribution >= 0.6 is 22.9 Å². The molecule has 0 radical (unpaired) electrons. The lowest BCUT2D eigenvalue weighted by molar-refractivity contribution is 0.104. The van der Waals surface area contributed by atoms with Gasteiger partial charge in [0, 0.05) is 17.1 Å². The fourth-order valence-corrected chi connectivity index (χ4v) is 3.02. The minimum Gasteiger partial charge on any atom is -0.360 e. The monoisotopic (exact) mass is 286 g/mol. The van der Waals surface area contributed by atoms with Gasteiger partial charge in [-0.3, -0.25) is 4.79 Å². The third-order valence-corrected chi connectivity index (χ3v) is 4.10. The number of hydrogen-bond acceptors (Lipinski definition) is 3. The van der Waals surface area contributed by atoms with Gasteiger partial charge in [-0.05, 0) is 24.3 Å². The number of nitrogens with one attached hydrogen (secondary N) is 1. The number of aromatic amines is 1. The Morgan fingerprint density at radius 2 is 2.16 bits per heavy atom. The molecule has 3 nitrogen and oxygen atoms in total. The van der Waals surface area contributed by atoms with E-state index < -0.39 is 0 Å². The molecule has 0 aliphatic carbocycles. The average molecular weight is 287 g/mol. The van der Waals surface area contributed by atoms with Gasteiger partial charge in [0.2, 0.25) is 5.78 Å². The Labute approximate surface area is 118 Å². The molecule has 2 heterocycles. The molecule has 1 N–H and O–H groups in total. The molecule has 92 valence electrons. The summed E-state index contributed by atoms with van der Waals surface area (Å²) in [6, 6.07) is 10.8. The summed E-state index contributed by atoms with van der Waals surface area (Å²) in [6.07, 6.45) is 1.64. The van der Waals surface area contributed by atoms with E-state index in [9.17, 15) is 4.79 Å². The number of nitriles is 1. The zero-order valence-corrected chi connectivity index (χ0v) is 11.2. The third-order valence-electron chi connectivity index (χ3n) is 2.87. The molecule has 0 aliphatic rings. The molecule has 3 aromatic rings. The molecule has 0 amide bonds. The predicted octanol–water partition coefficient (Wildman–Crippen LogP) is 3.99. The van der Waals surface area contributed by atoms with Crippen molar-refractivity contribution < 1.29 is 4.79 Å². The van der Waals surface area contributed by atoms with Crippen molar-refractivity contribution in [1.82, 2.24) is 4.98 Å². The quantitative estimate of drug-likeness (QED) is 0.724. The van der Waals surface area contributed by atoms with Crippen LogP contribution < -0.4 is 0 Å². The van der Waals surface area contributed by atoms with Gasteiger partial charge in [0.25, 0.3) is 0 Å². The van der Waals surface area contributed by atoms with Crippen LogP contribution in [0.25, 0.3) is 10.9 Å². The van der Waals surface area contributed by atoms with Gasteiger partial charge >= 0.3 is 0 Å². The zero-order valence-electron chi connectivity index (χ0n) is 9.61. The van der Waals surface area contributed by atoms with Crippen molar-refractivity contribution in [3.8, 4) is 6.07 Å². The summed E-state index contributed by atoms with van der Waals surface area (Å²) in [7, 11) is 0. The number of ketones is 1. The van der Waals surface area contributed by atoms with Crippen molar-refractivity contribution in [3.63, 3.8) is 0 Å². The normalized spacial score (nSPS) is 10.5. The number of nitrogens with zero attached hydrogens (tertiary/aromatic N) is 1. The molecule has 1 aromatic carbocycles. The summed E-state index contributed by atoms with van der Waals surface area (Å²) in [4.78, 5) is 16.0. The molecule has 0 bridgehead atoms. The molecular weight excluding hydrogens is 280 g/mol. The number of rotatable bonds is 2. The maximum absolute atomic E-state index is 12.4. The van der Waals surface area contributed by atoms with Crippen LogP contribution in [0.5, 0.6) is 0 Å².